The summed E-state index contributed by atoms with van der Waals surface area (Å²) in [6, 6.07) is 10.2. The van der Waals surface area contributed by atoms with Gasteiger partial charge in [0.15, 0.2) is 5.96 Å². The highest BCUT2D eigenvalue weighted by atomic mass is 16.5. The molecule has 0 spiro atoms. The van der Waals surface area contributed by atoms with Crippen LogP contribution in [0.1, 0.15) is 25.1 Å². The van der Waals surface area contributed by atoms with Gasteiger partial charge in [-0.05, 0) is 24.8 Å². The number of methoxy groups -OCH3 is 1. The molecule has 2 heterocycles. The van der Waals surface area contributed by atoms with E-state index in [0.717, 1.165) is 68.6 Å². The molecule has 1 aliphatic heterocycles. The molecule has 0 amide bonds. The van der Waals surface area contributed by atoms with Crippen LogP contribution in [0.15, 0.2) is 41.5 Å². The SMILES string of the molecule is CN=C(NCc1ncc(-c2ccccc2)[nH]1)N1CCC(OCCCOC)CC1. The van der Waals surface area contributed by atoms with Gasteiger partial charge in [0.25, 0.3) is 0 Å². The van der Waals surface area contributed by atoms with Crippen molar-refractivity contribution in [3.63, 3.8) is 0 Å². The Kier molecular flexibility index (Phi) is 7.87. The van der Waals surface area contributed by atoms with Gasteiger partial charge in [0.05, 0.1) is 24.5 Å². The summed E-state index contributed by atoms with van der Waals surface area (Å²) in [5, 5.41) is 3.42. The average molecular weight is 386 g/mol. The number of imidazole rings is 1. The third kappa shape index (κ3) is 5.81. The first-order valence-electron chi connectivity index (χ1n) is 9.95. The summed E-state index contributed by atoms with van der Waals surface area (Å²) in [5.74, 6) is 1.81. The molecule has 7 heteroatoms. The normalized spacial score (nSPS) is 15.8. The molecule has 2 aromatic rings. The Hall–Kier alpha value is -2.38. The molecule has 1 aromatic carbocycles. The van der Waals surface area contributed by atoms with Crippen LogP contribution >= 0.6 is 0 Å². The number of nitrogens with one attached hydrogen (secondary N) is 2. The summed E-state index contributed by atoms with van der Waals surface area (Å²) in [7, 11) is 3.55. The summed E-state index contributed by atoms with van der Waals surface area (Å²) >= 11 is 0. The highest BCUT2D eigenvalue weighted by molar-refractivity contribution is 5.79. The van der Waals surface area contributed by atoms with Gasteiger partial charge in [-0.15, -0.1) is 0 Å². The molecular formula is C21H31N5O2. The third-order valence-electron chi connectivity index (χ3n) is 4.93. The Morgan fingerprint density at radius 2 is 2.04 bits per heavy atom. The number of nitrogens with zero attached hydrogens (tertiary/aromatic N) is 3. The van der Waals surface area contributed by atoms with Gasteiger partial charge in [-0.2, -0.15) is 0 Å². The Bertz CT molecular complexity index is 723. The lowest BCUT2D eigenvalue weighted by molar-refractivity contribution is 0.00989. The number of benzene rings is 1. The molecule has 0 aliphatic carbocycles. The number of rotatable bonds is 8. The fourth-order valence-electron chi connectivity index (χ4n) is 3.40. The lowest BCUT2D eigenvalue weighted by Crippen LogP contribution is -2.46. The lowest BCUT2D eigenvalue weighted by Gasteiger charge is -2.34. The maximum atomic E-state index is 5.94. The van der Waals surface area contributed by atoms with E-state index in [1.807, 2.05) is 31.4 Å². The van der Waals surface area contributed by atoms with Crippen LogP contribution in [0.4, 0.5) is 0 Å². The number of H-pyrrole nitrogens is 1. The van der Waals surface area contributed by atoms with Crippen LogP contribution in [0.5, 0.6) is 0 Å². The molecule has 28 heavy (non-hydrogen) atoms. The van der Waals surface area contributed by atoms with Gasteiger partial charge in [-0.1, -0.05) is 30.3 Å². The van der Waals surface area contributed by atoms with E-state index in [4.69, 9.17) is 9.47 Å². The first-order valence-corrected chi connectivity index (χ1v) is 9.95. The minimum atomic E-state index is 0.338. The zero-order chi connectivity index (χ0) is 19.6. The summed E-state index contributed by atoms with van der Waals surface area (Å²) in [5.41, 5.74) is 2.16. The van der Waals surface area contributed by atoms with Gasteiger partial charge in [-0.3, -0.25) is 4.99 Å². The van der Waals surface area contributed by atoms with E-state index in [9.17, 15) is 0 Å². The zero-order valence-corrected chi connectivity index (χ0v) is 16.9. The van der Waals surface area contributed by atoms with Crippen molar-refractivity contribution in [2.45, 2.75) is 31.9 Å². The molecule has 1 aliphatic rings. The molecule has 0 atom stereocenters. The van der Waals surface area contributed by atoms with Crippen LogP contribution in [0.3, 0.4) is 0 Å². The van der Waals surface area contributed by atoms with E-state index in [1.54, 1.807) is 7.11 Å². The molecule has 0 bridgehead atoms. The predicted molar refractivity (Wildman–Crippen MR) is 111 cm³/mol. The molecule has 7 nitrogen and oxygen atoms in total. The van der Waals surface area contributed by atoms with E-state index >= 15 is 0 Å². The Balaban J connectivity index is 1.44. The molecule has 1 saturated heterocycles. The number of aromatic nitrogens is 2. The number of hydrogen-bond acceptors (Lipinski definition) is 4. The van der Waals surface area contributed by atoms with Crippen molar-refractivity contribution >= 4 is 5.96 Å². The van der Waals surface area contributed by atoms with Gasteiger partial charge >= 0.3 is 0 Å². The van der Waals surface area contributed by atoms with E-state index in [-0.39, 0.29) is 0 Å². The summed E-state index contributed by atoms with van der Waals surface area (Å²) in [4.78, 5) is 14.6. The van der Waals surface area contributed by atoms with E-state index < -0.39 is 0 Å². The average Bonchev–Trinajstić information content (AvgIpc) is 3.22. The monoisotopic (exact) mass is 385 g/mol. The van der Waals surface area contributed by atoms with Gasteiger partial charge in [0.1, 0.15) is 5.82 Å². The number of hydrogen-bond donors (Lipinski definition) is 2. The molecule has 2 N–H and O–H groups in total. The largest absolute Gasteiger partial charge is 0.385 e. The van der Waals surface area contributed by atoms with E-state index in [1.165, 1.54) is 0 Å². The molecule has 152 valence electrons. The quantitative estimate of drug-likeness (QED) is 0.415. The van der Waals surface area contributed by atoms with Crippen LogP contribution in [-0.4, -0.2) is 67.4 Å². The highest BCUT2D eigenvalue weighted by Gasteiger charge is 2.21. The molecule has 1 aromatic heterocycles. The van der Waals surface area contributed by atoms with Crippen LogP contribution in [0, 0.1) is 0 Å². The van der Waals surface area contributed by atoms with Crippen LogP contribution in [0.2, 0.25) is 0 Å². The highest BCUT2D eigenvalue weighted by Crippen LogP contribution is 2.16. The second-order valence-corrected chi connectivity index (χ2v) is 6.91. The van der Waals surface area contributed by atoms with E-state index in [0.29, 0.717) is 12.6 Å². The number of aliphatic imine (C=N–C) groups is 1. The lowest BCUT2D eigenvalue weighted by atomic mass is 10.1. The molecule has 1 fully saturated rings. The van der Waals surface area contributed by atoms with Crippen LogP contribution < -0.4 is 5.32 Å². The molecule has 0 saturated carbocycles. The standard InChI is InChI=1S/C21H31N5O2/c1-22-21(26-11-9-18(10-12-26)28-14-6-13-27-2)24-16-20-23-15-19(25-20)17-7-4-3-5-8-17/h3-5,7-8,15,18H,6,9-14,16H2,1-2H3,(H,22,24)(H,23,25). The van der Waals surface area contributed by atoms with Crippen molar-refractivity contribution in [2.75, 3.05) is 40.5 Å². The maximum absolute atomic E-state index is 5.94. The Labute approximate surface area is 167 Å². The molecule has 0 unspecified atom stereocenters. The molecule has 0 radical (unpaired) electrons. The Morgan fingerprint density at radius 3 is 2.75 bits per heavy atom. The van der Waals surface area contributed by atoms with Crippen LogP contribution in [-0.2, 0) is 16.0 Å². The van der Waals surface area contributed by atoms with Crippen molar-refractivity contribution in [3.8, 4) is 11.3 Å². The van der Waals surface area contributed by atoms with E-state index in [2.05, 4.69) is 37.3 Å². The summed E-state index contributed by atoms with van der Waals surface area (Å²) < 4.78 is 11.0. The summed E-state index contributed by atoms with van der Waals surface area (Å²) in [6.07, 6.45) is 5.21. The number of likely N-dealkylation sites (tertiary alicyclic amines) is 1. The number of aromatic amines is 1. The first kappa shape index (κ1) is 20.4. The zero-order valence-electron chi connectivity index (χ0n) is 16.9. The predicted octanol–water partition coefficient (Wildman–Crippen LogP) is 2.67. The van der Waals surface area contributed by atoms with Gasteiger partial charge in [0, 0.05) is 40.5 Å². The van der Waals surface area contributed by atoms with Crippen molar-refractivity contribution < 1.29 is 9.47 Å². The van der Waals surface area contributed by atoms with Gasteiger partial charge in [0.2, 0.25) is 0 Å². The second kappa shape index (κ2) is 10.8. The minimum Gasteiger partial charge on any atom is -0.385 e. The number of guanidine groups is 1. The third-order valence-corrected chi connectivity index (χ3v) is 4.93. The second-order valence-electron chi connectivity index (χ2n) is 6.91. The number of piperidine rings is 1. The van der Waals surface area contributed by atoms with Crippen LogP contribution in [0.25, 0.3) is 11.3 Å². The first-order chi connectivity index (χ1) is 13.8. The minimum absolute atomic E-state index is 0.338. The topological polar surface area (TPSA) is 74.8 Å². The van der Waals surface area contributed by atoms with Crippen molar-refractivity contribution in [2.24, 2.45) is 4.99 Å². The van der Waals surface area contributed by atoms with Gasteiger partial charge in [-0.25, -0.2) is 4.98 Å². The molecule has 3 rings (SSSR count). The fraction of sp³-hybridized carbons (Fsp3) is 0.524. The smallest absolute Gasteiger partial charge is 0.194 e. The van der Waals surface area contributed by atoms with Gasteiger partial charge < -0.3 is 24.7 Å². The fourth-order valence-corrected chi connectivity index (χ4v) is 3.40. The summed E-state index contributed by atoms with van der Waals surface area (Å²) in [6.45, 7) is 4.04. The van der Waals surface area contributed by atoms with Crippen molar-refractivity contribution in [3.05, 3.63) is 42.4 Å². The molecular weight excluding hydrogens is 354 g/mol. The Morgan fingerprint density at radius 1 is 1.25 bits per heavy atom. The number of ether oxygens (including phenoxy) is 2. The van der Waals surface area contributed by atoms with Crippen molar-refractivity contribution in [1.82, 2.24) is 20.2 Å². The van der Waals surface area contributed by atoms with Crippen molar-refractivity contribution in [1.29, 1.82) is 0 Å². The maximum Gasteiger partial charge on any atom is 0.194 e.